The molecule has 1 saturated carbocycles. The largest absolute Gasteiger partial charge is 0.388 e. The van der Waals surface area contributed by atoms with Crippen LogP contribution in [0.3, 0.4) is 0 Å². The Morgan fingerprint density at radius 1 is 1.11 bits per heavy atom. The Balaban J connectivity index is 2.07. The van der Waals surface area contributed by atoms with Crippen molar-refractivity contribution in [2.45, 2.75) is 32.3 Å². The summed E-state index contributed by atoms with van der Waals surface area (Å²) in [6.07, 6.45) is 3.30. The van der Waals surface area contributed by atoms with Gasteiger partial charge >= 0.3 is 0 Å². The van der Waals surface area contributed by atoms with Gasteiger partial charge < -0.3 is 5.11 Å². The smallest absolute Gasteiger partial charge is 0.0826 e. The lowest BCUT2D eigenvalue weighted by molar-refractivity contribution is 0.0913. The molecular formula is C17H19BrO. The van der Waals surface area contributed by atoms with E-state index in [1.165, 1.54) is 23.6 Å². The van der Waals surface area contributed by atoms with Crippen LogP contribution in [-0.2, 0) is 0 Å². The van der Waals surface area contributed by atoms with Gasteiger partial charge in [0.15, 0.2) is 0 Å². The highest BCUT2D eigenvalue weighted by Gasteiger charge is 2.31. The minimum absolute atomic E-state index is 0.338. The molecule has 3 rings (SSSR count). The van der Waals surface area contributed by atoms with Crippen molar-refractivity contribution in [1.82, 2.24) is 0 Å². The van der Waals surface area contributed by atoms with Crippen molar-refractivity contribution < 1.29 is 5.11 Å². The monoisotopic (exact) mass is 318 g/mol. The SMILES string of the molecule is CC1CCCC1C(O)c1ccc(Br)c2ccccc12. The van der Waals surface area contributed by atoms with E-state index in [-0.39, 0.29) is 6.10 Å². The molecule has 0 saturated heterocycles. The Morgan fingerprint density at radius 2 is 1.84 bits per heavy atom. The molecule has 0 spiro atoms. The van der Waals surface area contributed by atoms with Gasteiger partial charge in [-0.15, -0.1) is 0 Å². The quantitative estimate of drug-likeness (QED) is 0.819. The fourth-order valence-corrected chi connectivity index (χ4v) is 3.90. The molecule has 2 aromatic carbocycles. The molecule has 3 unspecified atom stereocenters. The van der Waals surface area contributed by atoms with Gasteiger partial charge in [-0.3, -0.25) is 0 Å². The van der Waals surface area contributed by atoms with E-state index in [0.29, 0.717) is 11.8 Å². The average molecular weight is 319 g/mol. The molecule has 3 atom stereocenters. The highest BCUT2D eigenvalue weighted by atomic mass is 79.9. The first kappa shape index (κ1) is 13.1. The molecule has 0 radical (unpaired) electrons. The van der Waals surface area contributed by atoms with Crippen LogP contribution in [0.4, 0.5) is 0 Å². The first-order valence-electron chi connectivity index (χ1n) is 7.03. The maximum absolute atomic E-state index is 10.8. The molecule has 1 aliphatic carbocycles. The number of aliphatic hydroxyl groups excluding tert-OH is 1. The molecule has 1 aliphatic rings. The lowest BCUT2D eigenvalue weighted by atomic mass is 9.86. The minimum Gasteiger partial charge on any atom is -0.388 e. The second kappa shape index (κ2) is 5.26. The third kappa shape index (κ3) is 2.32. The van der Waals surface area contributed by atoms with Crippen LogP contribution in [0.5, 0.6) is 0 Å². The number of rotatable bonds is 2. The molecular weight excluding hydrogens is 300 g/mol. The van der Waals surface area contributed by atoms with E-state index in [2.05, 4.69) is 47.1 Å². The van der Waals surface area contributed by atoms with Gasteiger partial charge in [-0.2, -0.15) is 0 Å². The van der Waals surface area contributed by atoms with Crippen molar-refractivity contribution in [3.8, 4) is 0 Å². The number of hydrogen-bond acceptors (Lipinski definition) is 1. The number of aliphatic hydroxyl groups is 1. The zero-order valence-electron chi connectivity index (χ0n) is 11.1. The molecule has 100 valence electrons. The Morgan fingerprint density at radius 3 is 2.53 bits per heavy atom. The summed E-state index contributed by atoms with van der Waals surface area (Å²) in [6, 6.07) is 12.4. The highest BCUT2D eigenvalue weighted by molar-refractivity contribution is 9.10. The fourth-order valence-electron chi connectivity index (χ4n) is 3.42. The van der Waals surface area contributed by atoms with Crippen molar-refractivity contribution >= 4 is 26.7 Å². The van der Waals surface area contributed by atoms with Gasteiger partial charge in [0.2, 0.25) is 0 Å². The first-order chi connectivity index (χ1) is 9.18. The summed E-state index contributed by atoms with van der Waals surface area (Å²) < 4.78 is 1.10. The second-order valence-electron chi connectivity index (χ2n) is 5.70. The molecule has 1 N–H and O–H groups in total. The van der Waals surface area contributed by atoms with Gasteiger partial charge in [-0.05, 0) is 40.7 Å². The maximum Gasteiger partial charge on any atom is 0.0826 e. The molecule has 2 heteroatoms. The Labute approximate surface area is 122 Å². The second-order valence-corrected chi connectivity index (χ2v) is 6.55. The van der Waals surface area contributed by atoms with Crippen LogP contribution >= 0.6 is 15.9 Å². The Hall–Kier alpha value is -0.860. The average Bonchev–Trinajstić information content (AvgIpc) is 2.85. The molecule has 1 fully saturated rings. The van der Waals surface area contributed by atoms with Gasteiger partial charge in [0.1, 0.15) is 0 Å². The number of hydrogen-bond donors (Lipinski definition) is 1. The van der Waals surface area contributed by atoms with Crippen LogP contribution in [0.15, 0.2) is 40.9 Å². The summed E-state index contributed by atoms with van der Waals surface area (Å²) in [5.41, 5.74) is 1.08. The molecule has 0 aromatic heterocycles. The van der Waals surface area contributed by atoms with Crippen molar-refractivity contribution in [3.63, 3.8) is 0 Å². The lowest BCUT2D eigenvalue weighted by Crippen LogP contribution is -2.15. The van der Waals surface area contributed by atoms with Crippen LogP contribution in [0.1, 0.15) is 37.9 Å². The van der Waals surface area contributed by atoms with E-state index in [1.54, 1.807) is 0 Å². The summed E-state index contributed by atoms with van der Waals surface area (Å²) in [7, 11) is 0. The van der Waals surface area contributed by atoms with Crippen molar-refractivity contribution in [2.24, 2.45) is 11.8 Å². The van der Waals surface area contributed by atoms with Crippen LogP contribution in [0, 0.1) is 11.8 Å². The Bertz CT molecular complexity index is 593. The van der Waals surface area contributed by atoms with E-state index >= 15 is 0 Å². The highest BCUT2D eigenvalue weighted by Crippen LogP contribution is 2.42. The third-order valence-electron chi connectivity index (χ3n) is 4.56. The predicted molar refractivity (Wildman–Crippen MR) is 83.1 cm³/mol. The normalized spacial score (nSPS) is 24.8. The summed E-state index contributed by atoms with van der Waals surface area (Å²) in [5, 5.41) is 13.1. The standard InChI is InChI=1S/C17H19BrO/c1-11-5-4-8-12(11)17(19)15-9-10-16(18)14-7-3-2-6-13(14)15/h2-3,6-7,9-12,17,19H,4-5,8H2,1H3. The predicted octanol–water partition coefficient (Wildman–Crippen LogP) is 5.07. The molecule has 19 heavy (non-hydrogen) atoms. The molecule has 0 amide bonds. The zero-order chi connectivity index (χ0) is 13.4. The first-order valence-corrected chi connectivity index (χ1v) is 7.83. The van der Waals surface area contributed by atoms with Crippen LogP contribution in [0.25, 0.3) is 10.8 Å². The van der Waals surface area contributed by atoms with Gasteiger partial charge in [0, 0.05) is 4.47 Å². The van der Waals surface area contributed by atoms with Crippen molar-refractivity contribution in [3.05, 3.63) is 46.4 Å². The Kier molecular flexibility index (Phi) is 3.64. The molecule has 2 aromatic rings. The molecule has 0 aliphatic heterocycles. The van der Waals surface area contributed by atoms with E-state index in [4.69, 9.17) is 0 Å². The summed E-state index contributed by atoms with van der Waals surface area (Å²) in [5.74, 6) is 1.03. The lowest BCUT2D eigenvalue weighted by Gasteiger charge is -2.24. The molecule has 0 heterocycles. The topological polar surface area (TPSA) is 20.2 Å². The number of fused-ring (bicyclic) bond motifs is 1. The van der Waals surface area contributed by atoms with Crippen LogP contribution in [0.2, 0.25) is 0 Å². The third-order valence-corrected chi connectivity index (χ3v) is 5.25. The molecule has 1 nitrogen and oxygen atoms in total. The minimum atomic E-state index is -0.338. The maximum atomic E-state index is 10.8. The van der Waals surface area contributed by atoms with E-state index < -0.39 is 0 Å². The van der Waals surface area contributed by atoms with Gasteiger partial charge in [-0.25, -0.2) is 0 Å². The van der Waals surface area contributed by atoms with Gasteiger partial charge in [-0.1, -0.05) is 66.0 Å². The van der Waals surface area contributed by atoms with Crippen molar-refractivity contribution in [2.75, 3.05) is 0 Å². The number of benzene rings is 2. The van der Waals surface area contributed by atoms with Gasteiger partial charge in [0.25, 0.3) is 0 Å². The zero-order valence-corrected chi connectivity index (χ0v) is 12.7. The van der Waals surface area contributed by atoms with Gasteiger partial charge in [0.05, 0.1) is 6.10 Å². The van der Waals surface area contributed by atoms with E-state index in [9.17, 15) is 5.11 Å². The fraction of sp³-hybridized carbons (Fsp3) is 0.412. The number of halogens is 1. The van der Waals surface area contributed by atoms with E-state index in [0.717, 1.165) is 16.5 Å². The van der Waals surface area contributed by atoms with Crippen molar-refractivity contribution in [1.29, 1.82) is 0 Å². The van der Waals surface area contributed by atoms with Crippen LogP contribution in [-0.4, -0.2) is 5.11 Å². The summed E-state index contributed by atoms with van der Waals surface area (Å²) in [4.78, 5) is 0. The summed E-state index contributed by atoms with van der Waals surface area (Å²) >= 11 is 3.59. The summed E-state index contributed by atoms with van der Waals surface area (Å²) in [6.45, 7) is 2.27. The molecule has 0 bridgehead atoms. The van der Waals surface area contributed by atoms with Crippen LogP contribution < -0.4 is 0 Å². The van der Waals surface area contributed by atoms with E-state index in [1.807, 2.05) is 12.1 Å².